The quantitative estimate of drug-likeness (QED) is 0.652. The maximum absolute atomic E-state index is 11.5. The van der Waals surface area contributed by atoms with E-state index >= 15 is 0 Å². The Balaban J connectivity index is 3.19. The lowest BCUT2D eigenvalue weighted by atomic mass is 10.1. The van der Waals surface area contributed by atoms with Crippen molar-refractivity contribution in [3.63, 3.8) is 0 Å². The maximum atomic E-state index is 11.5. The maximum Gasteiger partial charge on any atom is 0.258 e. The van der Waals surface area contributed by atoms with Gasteiger partial charge in [0.15, 0.2) is 0 Å². The Kier molecular flexibility index (Phi) is 3.24. The number of nitrogens with one attached hydrogen (secondary N) is 2. The zero-order chi connectivity index (χ0) is 10.7. The van der Waals surface area contributed by atoms with Gasteiger partial charge in [-0.2, -0.15) is 4.98 Å². The van der Waals surface area contributed by atoms with Crippen molar-refractivity contribution in [2.45, 2.75) is 26.3 Å². The summed E-state index contributed by atoms with van der Waals surface area (Å²) in [6.45, 7) is 4.11. The van der Waals surface area contributed by atoms with E-state index in [0.29, 0.717) is 17.9 Å². The van der Waals surface area contributed by atoms with E-state index in [2.05, 4.69) is 15.3 Å². The first-order valence-electron chi connectivity index (χ1n) is 4.53. The standard InChI is InChI=1S/C9H15N3O2/c1-5(2)7-8(13)11-6(4-10-3)12-9(7)14/h5,10H,4H2,1-3H3,(H2,11,12,13,14). The van der Waals surface area contributed by atoms with Crippen molar-refractivity contribution in [3.8, 4) is 5.88 Å². The van der Waals surface area contributed by atoms with Crippen molar-refractivity contribution < 1.29 is 5.11 Å². The molecule has 14 heavy (non-hydrogen) atoms. The zero-order valence-corrected chi connectivity index (χ0v) is 8.59. The SMILES string of the molecule is CNCc1nc(O)c(C(C)C)c(=O)[nH]1. The summed E-state index contributed by atoms with van der Waals surface area (Å²) in [5.41, 5.74) is 0.0719. The summed E-state index contributed by atoms with van der Waals surface area (Å²) in [4.78, 5) is 18.0. The number of rotatable bonds is 3. The van der Waals surface area contributed by atoms with E-state index in [1.807, 2.05) is 13.8 Å². The summed E-state index contributed by atoms with van der Waals surface area (Å²) in [6, 6.07) is 0. The number of aromatic amines is 1. The molecule has 0 aliphatic carbocycles. The lowest BCUT2D eigenvalue weighted by Gasteiger charge is -2.07. The number of hydrogen-bond acceptors (Lipinski definition) is 4. The molecule has 0 spiro atoms. The molecular formula is C9H15N3O2. The first kappa shape index (κ1) is 10.7. The predicted molar refractivity (Wildman–Crippen MR) is 53.4 cm³/mol. The molecule has 0 aliphatic rings. The average molecular weight is 197 g/mol. The van der Waals surface area contributed by atoms with Gasteiger partial charge < -0.3 is 15.4 Å². The van der Waals surface area contributed by atoms with Gasteiger partial charge in [0, 0.05) is 0 Å². The van der Waals surface area contributed by atoms with Crippen molar-refractivity contribution in [3.05, 3.63) is 21.7 Å². The molecule has 0 amide bonds. The summed E-state index contributed by atoms with van der Waals surface area (Å²) in [5.74, 6) is 0.239. The molecule has 0 radical (unpaired) electrons. The second-order valence-corrected chi connectivity index (χ2v) is 3.43. The van der Waals surface area contributed by atoms with E-state index in [1.54, 1.807) is 7.05 Å². The lowest BCUT2D eigenvalue weighted by Crippen LogP contribution is -2.20. The van der Waals surface area contributed by atoms with Gasteiger partial charge in [0.2, 0.25) is 5.88 Å². The van der Waals surface area contributed by atoms with Crippen molar-refractivity contribution in [1.82, 2.24) is 15.3 Å². The molecule has 0 aromatic carbocycles. The van der Waals surface area contributed by atoms with Crippen LogP contribution in [0.3, 0.4) is 0 Å². The van der Waals surface area contributed by atoms with Crippen LogP contribution in [-0.2, 0) is 6.54 Å². The Labute approximate surface area is 82.2 Å². The highest BCUT2D eigenvalue weighted by Gasteiger charge is 2.13. The van der Waals surface area contributed by atoms with Gasteiger partial charge in [0.25, 0.3) is 5.56 Å². The largest absolute Gasteiger partial charge is 0.493 e. The first-order chi connectivity index (χ1) is 6.56. The van der Waals surface area contributed by atoms with Crippen LogP contribution >= 0.6 is 0 Å². The Morgan fingerprint density at radius 1 is 1.57 bits per heavy atom. The summed E-state index contributed by atoms with van der Waals surface area (Å²) >= 11 is 0. The molecule has 0 aliphatic heterocycles. The smallest absolute Gasteiger partial charge is 0.258 e. The van der Waals surface area contributed by atoms with Crippen LogP contribution in [0.5, 0.6) is 5.88 Å². The molecule has 0 bridgehead atoms. The normalized spacial score (nSPS) is 10.9. The molecule has 0 saturated carbocycles. The third kappa shape index (κ3) is 2.11. The van der Waals surface area contributed by atoms with Gasteiger partial charge in [-0.15, -0.1) is 0 Å². The van der Waals surface area contributed by atoms with E-state index in [-0.39, 0.29) is 17.4 Å². The van der Waals surface area contributed by atoms with Crippen LogP contribution in [0.2, 0.25) is 0 Å². The van der Waals surface area contributed by atoms with Crippen LogP contribution in [0.15, 0.2) is 4.79 Å². The highest BCUT2D eigenvalue weighted by Crippen LogP contribution is 2.18. The minimum Gasteiger partial charge on any atom is -0.493 e. The number of H-pyrrole nitrogens is 1. The first-order valence-corrected chi connectivity index (χ1v) is 4.53. The van der Waals surface area contributed by atoms with Crippen LogP contribution in [0.1, 0.15) is 31.2 Å². The van der Waals surface area contributed by atoms with Gasteiger partial charge in [-0.25, -0.2) is 0 Å². The predicted octanol–water partition coefficient (Wildman–Crippen LogP) is 0.318. The molecule has 0 unspecified atom stereocenters. The van der Waals surface area contributed by atoms with Gasteiger partial charge in [-0.3, -0.25) is 4.79 Å². The molecule has 5 nitrogen and oxygen atoms in total. The van der Waals surface area contributed by atoms with Gasteiger partial charge in [-0.1, -0.05) is 13.8 Å². The van der Waals surface area contributed by atoms with Crippen LogP contribution in [0, 0.1) is 0 Å². The summed E-state index contributed by atoms with van der Waals surface area (Å²) < 4.78 is 0. The highest BCUT2D eigenvalue weighted by atomic mass is 16.3. The summed E-state index contributed by atoms with van der Waals surface area (Å²) in [5, 5.41) is 12.4. The van der Waals surface area contributed by atoms with Gasteiger partial charge in [0.1, 0.15) is 5.82 Å². The van der Waals surface area contributed by atoms with Crippen LogP contribution < -0.4 is 10.9 Å². The average Bonchev–Trinajstić information content (AvgIpc) is 2.01. The number of nitrogens with zero attached hydrogens (tertiary/aromatic N) is 1. The molecule has 0 atom stereocenters. The van der Waals surface area contributed by atoms with E-state index in [1.165, 1.54) is 0 Å². The van der Waals surface area contributed by atoms with E-state index < -0.39 is 0 Å². The fraction of sp³-hybridized carbons (Fsp3) is 0.556. The van der Waals surface area contributed by atoms with E-state index in [4.69, 9.17) is 0 Å². The number of hydrogen-bond donors (Lipinski definition) is 3. The summed E-state index contributed by atoms with van der Waals surface area (Å²) in [6.07, 6.45) is 0. The Bertz CT molecular complexity index is 371. The molecule has 0 saturated heterocycles. The number of aromatic hydroxyl groups is 1. The van der Waals surface area contributed by atoms with Gasteiger partial charge in [0.05, 0.1) is 12.1 Å². The molecule has 78 valence electrons. The monoisotopic (exact) mass is 197 g/mol. The second-order valence-electron chi connectivity index (χ2n) is 3.43. The van der Waals surface area contributed by atoms with Crippen molar-refractivity contribution in [2.75, 3.05) is 7.05 Å². The fourth-order valence-corrected chi connectivity index (χ4v) is 1.29. The van der Waals surface area contributed by atoms with Crippen LogP contribution in [0.4, 0.5) is 0 Å². The molecule has 1 aromatic heterocycles. The fourth-order valence-electron chi connectivity index (χ4n) is 1.29. The number of aromatic nitrogens is 2. The molecule has 0 fully saturated rings. The zero-order valence-electron chi connectivity index (χ0n) is 8.59. The van der Waals surface area contributed by atoms with Crippen LogP contribution in [0.25, 0.3) is 0 Å². The van der Waals surface area contributed by atoms with Gasteiger partial charge >= 0.3 is 0 Å². The van der Waals surface area contributed by atoms with E-state index in [9.17, 15) is 9.90 Å². The highest BCUT2D eigenvalue weighted by molar-refractivity contribution is 5.25. The van der Waals surface area contributed by atoms with E-state index in [0.717, 1.165) is 0 Å². The molecular weight excluding hydrogens is 182 g/mol. The molecule has 1 aromatic rings. The third-order valence-electron chi connectivity index (χ3n) is 1.91. The Morgan fingerprint density at radius 2 is 2.21 bits per heavy atom. The molecule has 3 N–H and O–H groups in total. The minimum absolute atomic E-state index is 0.0325. The second kappa shape index (κ2) is 4.23. The van der Waals surface area contributed by atoms with Crippen molar-refractivity contribution >= 4 is 0 Å². The lowest BCUT2D eigenvalue weighted by molar-refractivity contribution is 0.435. The third-order valence-corrected chi connectivity index (χ3v) is 1.91. The summed E-state index contributed by atoms with van der Waals surface area (Å²) in [7, 11) is 1.74. The molecule has 1 heterocycles. The van der Waals surface area contributed by atoms with Gasteiger partial charge in [-0.05, 0) is 13.0 Å². The Hall–Kier alpha value is -1.36. The van der Waals surface area contributed by atoms with Crippen molar-refractivity contribution in [2.24, 2.45) is 0 Å². The minimum atomic E-state index is -0.266. The molecule has 5 heteroatoms. The topological polar surface area (TPSA) is 78.0 Å². The van der Waals surface area contributed by atoms with Crippen molar-refractivity contribution in [1.29, 1.82) is 0 Å². The Morgan fingerprint density at radius 3 is 2.64 bits per heavy atom. The van der Waals surface area contributed by atoms with Crippen LogP contribution in [-0.4, -0.2) is 22.1 Å². The molecule has 1 rings (SSSR count).